The van der Waals surface area contributed by atoms with Crippen LogP contribution in [-0.2, 0) is 20.5 Å². The quantitative estimate of drug-likeness (QED) is 0.770. The lowest BCUT2D eigenvalue weighted by atomic mass is 10.1. The van der Waals surface area contributed by atoms with Crippen LogP contribution < -0.4 is 4.31 Å². The Morgan fingerprint density at radius 3 is 2.36 bits per heavy atom. The summed E-state index contributed by atoms with van der Waals surface area (Å²) in [6.07, 6.45) is 0.00634. The van der Waals surface area contributed by atoms with E-state index >= 15 is 0 Å². The molecule has 1 aliphatic rings. The van der Waals surface area contributed by atoms with Crippen molar-refractivity contribution in [2.24, 2.45) is 0 Å². The first-order valence-corrected chi connectivity index (χ1v) is 8.89. The molecule has 22 heavy (non-hydrogen) atoms. The molecule has 0 amide bonds. The van der Waals surface area contributed by atoms with Crippen molar-refractivity contribution in [3.63, 3.8) is 0 Å². The smallest absolute Gasteiger partial charge is 0.239 e. The van der Waals surface area contributed by atoms with Gasteiger partial charge in [0.25, 0.3) is 0 Å². The van der Waals surface area contributed by atoms with Crippen LogP contribution in [0.2, 0.25) is 0 Å². The van der Waals surface area contributed by atoms with Crippen LogP contribution in [0.3, 0.4) is 0 Å². The first kappa shape index (κ1) is 15.1. The number of para-hydroxylation sites is 1. The Bertz CT molecular complexity index is 740. The maximum atomic E-state index is 12.9. The lowest BCUT2D eigenvalue weighted by Crippen LogP contribution is -2.35. The van der Waals surface area contributed by atoms with Crippen LogP contribution in [0.25, 0.3) is 0 Å². The average Bonchev–Trinajstić information content (AvgIpc) is 3.32. The minimum Gasteiger partial charge on any atom is -0.371 e. The van der Waals surface area contributed by atoms with Gasteiger partial charge in [0.1, 0.15) is 0 Å². The van der Waals surface area contributed by atoms with Crippen molar-refractivity contribution in [2.45, 2.75) is 18.8 Å². The molecule has 1 aliphatic heterocycles. The van der Waals surface area contributed by atoms with Gasteiger partial charge in [0.2, 0.25) is 10.0 Å². The summed E-state index contributed by atoms with van der Waals surface area (Å²) in [6.45, 7) is 2.93. The maximum absolute atomic E-state index is 12.9. The van der Waals surface area contributed by atoms with E-state index in [1.807, 2.05) is 61.5 Å². The SMILES string of the molecule is Cc1ccccc1CS(=O)(=O)N(CC1CO1)c1ccccc1. The summed E-state index contributed by atoms with van der Waals surface area (Å²) in [5, 5.41) is 0. The zero-order chi connectivity index (χ0) is 15.6. The highest BCUT2D eigenvalue weighted by Gasteiger charge is 2.32. The van der Waals surface area contributed by atoms with E-state index in [-0.39, 0.29) is 11.9 Å². The van der Waals surface area contributed by atoms with Crippen molar-refractivity contribution in [2.75, 3.05) is 17.5 Å². The molecule has 2 aromatic carbocycles. The number of sulfonamides is 1. The van der Waals surface area contributed by atoms with Crippen molar-refractivity contribution in [1.82, 2.24) is 0 Å². The molecule has 3 rings (SSSR count). The second kappa shape index (κ2) is 6.10. The Labute approximate surface area is 131 Å². The normalized spacial score (nSPS) is 17.2. The molecule has 0 N–H and O–H groups in total. The molecule has 0 bridgehead atoms. The summed E-state index contributed by atoms with van der Waals surface area (Å²) in [4.78, 5) is 0. The highest BCUT2D eigenvalue weighted by atomic mass is 32.2. The van der Waals surface area contributed by atoms with Crippen molar-refractivity contribution in [1.29, 1.82) is 0 Å². The molecule has 1 unspecified atom stereocenters. The molecule has 0 aliphatic carbocycles. The summed E-state index contributed by atoms with van der Waals surface area (Å²) < 4.78 is 32.5. The third-order valence-electron chi connectivity index (χ3n) is 3.75. The van der Waals surface area contributed by atoms with E-state index in [0.29, 0.717) is 18.8 Å². The summed E-state index contributed by atoms with van der Waals surface area (Å²) in [5.74, 6) is 0.00128. The van der Waals surface area contributed by atoms with Crippen molar-refractivity contribution in [3.05, 3.63) is 65.7 Å². The van der Waals surface area contributed by atoms with Crippen molar-refractivity contribution in [3.8, 4) is 0 Å². The molecule has 0 spiro atoms. The van der Waals surface area contributed by atoms with Crippen LogP contribution in [0, 0.1) is 6.92 Å². The summed E-state index contributed by atoms with van der Waals surface area (Å²) in [5.41, 5.74) is 2.51. The van der Waals surface area contributed by atoms with Crippen LogP contribution >= 0.6 is 0 Å². The highest BCUT2D eigenvalue weighted by molar-refractivity contribution is 7.92. The van der Waals surface area contributed by atoms with Gasteiger partial charge in [0.15, 0.2) is 0 Å². The van der Waals surface area contributed by atoms with E-state index in [0.717, 1.165) is 11.1 Å². The van der Waals surface area contributed by atoms with Gasteiger partial charge in [-0.05, 0) is 30.2 Å². The zero-order valence-corrected chi connectivity index (χ0v) is 13.3. The number of aryl methyl sites for hydroxylation is 1. The largest absolute Gasteiger partial charge is 0.371 e. The molecular formula is C17H19NO3S. The van der Waals surface area contributed by atoms with E-state index in [1.165, 1.54) is 4.31 Å². The van der Waals surface area contributed by atoms with E-state index in [2.05, 4.69) is 0 Å². The third-order valence-corrected chi connectivity index (χ3v) is 5.46. The van der Waals surface area contributed by atoms with Crippen molar-refractivity contribution < 1.29 is 13.2 Å². The predicted molar refractivity (Wildman–Crippen MR) is 87.3 cm³/mol. The second-order valence-electron chi connectivity index (χ2n) is 5.50. The molecule has 116 valence electrons. The number of anilines is 1. The summed E-state index contributed by atoms with van der Waals surface area (Å²) in [6, 6.07) is 16.8. The molecule has 1 saturated heterocycles. The van der Waals surface area contributed by atoms with Crippen molar-refractivity contribution >= 4 is 15.7 Å². The van der Waals surface area contributed by atoms with Gasteiger partial charge in [-0.15, -0.1) is 0 Å². The number of hydrogen-bond donors (Lipinski definition) is 0. The summed E-state index contributed by atoms with van der Waals surface area (Å²) in [7, 11) is -3.45. The molecular weight excluding hydrogens is 298 g/mol. The van der Waals surface area contributed by atoms with Crippen LogP contribution in [0.5, 0.6) is 0 Å². The fourth-order valence-corrected chi connectivity index (χ4v) is 4.09. The fraction of sp³-hybridized carbons (Fsp3) is 0.294. The number of nitrogens with zero attached hydrogens (tertiary/aromatic N) is 1. The minimum atomic E-state index is -3.45. The van der Waals surface area contributed by atoms with Crippen LogP contribution in [0.4, 0.5) is 5.69 Å². The molecule has 0 saturated carbocycles. The molecule has 4 nitrogen and oxygen atoms in total. The van der Waals surface area contributed by atoms with Gasteiger partial charge >= 0.3 is 0 Å². The van der Waals surface area contributed by atoms with E-state index in [1.54, 1.807) is 0 Å². The molecule has 2 aromatic rings. The summed E-state index contributed by atoms with van der Waals surface area (Å²) >= 11 is 0. The zero-order valence-electron chi connectivity index (χ0n) is 12.5. The van der Waals surface area contributed by atoms with Crippen LogP contribution in [0.1, 0.15) is 11.1 Å². The van der Waals surface area contributed by atoms with Gasteiger partial charge < -0.3 is 4.74 Å². The number of epoxide rings is 1. The van der Waals surface area contributed by atoms with E-state index < -0.39 is 10.0 Å². The molecule has 1 atom stereocenters. The predicted octanol–water partition coefficient (Wildman–Crippen LogP) is 2.73. The standard InChI is InChI=1S/C17H19NO3S/c1-14-7-5-6-8-15(14)13-22(19,20)18(11-17-12-21-17)16-9-3-2-4-10-16/h2-10,17H,11-13H2,1H3. The Kier molecular flexibility index (Phi) is 4.18. The Balaban J connectivity index is 1.90. The van der Waals surface area contributed by atoms with Gasteiger partial charge in [0.05, 0.1) is 30.7 Å². The number of ether oxygens (including phenoxy) is 1. The average molecular weight is 317 g/mol. The fourth-order valence-electron chi connectivity index (χ4n) is 2.38. The number of hydrogen-bond acceptors (Lipinski definition) is 3. The molecule has 0 aromatic heterocycles. The second-order valence-corrected chi connectivity index (χ2v) is 7.40. The first-order chi connectivity index (χ1) is 10.6. The van der Waals surface area contributed by atoms with E-state index in [9.17, 15) is 8.42 Å². The topological polar surface area (TPSA) is 49.9 Å². The minimum absolute atomic E-state index is 0.00128. The highest BCUT2D eigenvalue weighted by Crippen LogP contribution is 2.24. The molecule has 1 heterocycles. The van der Waals surface area contributed by atoms with Crippen LogP contribution in [0.15, 0.2) is 54.6 Å². The molecule has 0 radical (unpaired) electrons. The van der Waals surface area contributed by atoms with E-state index in [4.69, 9.17) is 4.74 Å². The monoisotopic (exact) mass is 317 g/mol. The lowest BCUT2D eigenvalue weighted by molar-refractivity contribution is 0.412. The third kappa shape index (κ3) is 3.48. The molecule has 1 fully saturated rings. The lowest BCUT2D eigenvalue weighted by Gasteiger charge is -2.24. The number of rotatable bonds is 6. The number of benzene rings is 2. The van der Waals surface area contributed by atoms with Gasteiger partial charge in [-0.3, -0.25) is 4.31 Å². The van der Waals surface area contributed by atoms with Crippen LogP contribution in [-0.4, -0.2) is 27.7 Å². The van der Waals surface area contributed by atoms with Gasteiger partial charge in [-0.2, -0.15) is 0 Å². The first-order valence-electron chi connectivity index (χ1n) is 7.28. The Morgan fingerprint density at radius 1 is 1.09 bits per heavy atom. The molecule has 5 heteroatoms. The van der Waals surface area contributed by atoms with Gasteiger partial charge in [-0.25, -0.2) is 8.42 Å². The van der Waals surface area contributed by atoms with Gasteiger partial charge in [-0.1, -0.05) is 42.5 Å². The van der Waals surface area contributed by atoms with Gasteiger partial charge in [0, 0.05) is 0 Å². The Hall–Kier alpha value is -1.85. The maximum Gasteiger partial charge on any atom is 0.239 e. The Morgan fingerprint density at radius 2 is 1.73 bits per heavy atom.